The second-order valence-corrected chi connectivity index (χ2v) is 13.5. The van der Waals surface area contributed by atoms with E-state index in [1.807, 2.05) is 0 Å². The predicted molar refractivity (Wildman–Crippen MR) is 230 cm³/mol. The number of aryl methyl sites for hydroxylation is 1. The molecule has 7 aromatic carbocycles. The van der Waals surface area contributed by atoms with Gasteiger partial charge in [0, 0.05) is 33.3 Å². The van der Waals surface area contributed by atoms with Gasteiger partial charge in [0.1, 0.15) is 34.2 Å². The summed E-state index contributed by atoms with van der Waals surface area (Å²) >= 11 is 0. The summed E-state index contributed by atoms with van der Waals surface area (Å²) in [7, 11) is 2.84. The van der Waals surface area contributed by atoms with Crippen LogP contribution < -0.4 is 31.6 Å². The molecule has 61 heavy (non-hydrogen) atoms. The first kappa shape index (κ1) is 40.5. The quantitative estimate of drug-likeness (QED) is 0.0646. The Balaban J connectivity index is 1.18. The molecule has 0 saturated heterocycles. The van der Waals surface area contributed by atoms with Crippen LogP contribution in [0.5, 0.6) is 23.0 Å². The summed E-state index contributed by atoms with van der Waals surface area (Å²) in [6.45, 7) is 1.75. The molecule has 0 aliphatic heterocycles. The number of nitrogens with one attached hydrogen (secondary N) is 2. The van der Waals surface area contributed by atoms with Gasteiger partial charge in [-0.2, -0.15) is 0 Å². The number of rotatable bonds is 12. The molecule has 0 unspecified atom stereocenters. The fraction of sp³-hybridized carbons (Fsp3) is 0.0667. The maximum Gasteiger partial charge on any atom is 0.259 e. The number of primary amides is 2. The van der Waals surface area contributed by atoms with Gasteiger partial charge in [-0.3, -0.25) is 19.2 Å². The Morgan fingerprint density at radius 1 is 0.557 bits per heavy atom. The van der Waals surface area contributed by atoms with Crippen molar-refractivity contribution < 1.29 is 38.9 Å². The molecule has 0 atom stereocenters. The van der Waals surface area contributed by atoms with Crippen LogP contribution in [0.4, 0.5) is 34.1 Å². The van der Waals surface area contributed by atoms with Crippen molar-refractivity contribution >= 4 is 79.3 Å². The molecule has 7 rings (SSSR count). The number of anilines is 2. The normalized spacial score (nSPS) is 11.3. The Morgan fingerprint density at radius 3 is 1.48 bits per heavy atom. The van der Waals surface area contributed by atoms with Crippen molar-refractivity contribution in [2.75, 3.05) is 24.9 Å². The third-order valence-corrected chi connectivity index (χ3v) is 9.67. The molecule has 0 radical (unpaired) electrons. The molecule has 8 N–H and O–H groups in total. The molecule has 0 bridgehead atoms. The van der Waals surface area contributed by atoms with Crippen molar-refractivity contribution in [1.82, 2.24) is 0 Å². The minimum absolute atomic E-state index is 0.0140. The SMILES string of the molecule is COc1ccc(C(N)=O)cc1N=Nc1c(O)c(C(=O)Nc2ccc(C)c(NC(=O)c3cc4ccccc4c(N=Nc4cc(C(N)=O)ccc4OC)c3O)c2)cc2ccccc12. The number of aromatic hydroxyl groups is 2. The van der Waals surface area contributed by atoms with Crippen molar-refractivity contribution in [2.24, 2.45) is 31.9 Å². The smallest absolute Gasteiger partial charge is 0.259 e. The van der Waals surface area contributed by atoms with E-state index < -0.39 is 35.1 Å². The van der Waals surface area contributed by atoms with E-state index in [1.54, 1.807) is 67.6 Å². The van der Waals surface area contributed by atoms with Gasteiger partial charge >= 0.3 is 0 Å². The first-order valence-corrected chi connectivity index (χ1v) is 18.4. The molecular formula is C45H36N8O8. The fourth-order valence-corrected chi connectivity index (χ4v) is 6.46. The Bertz CT molecular complexity index is 3000. The molecule has 0 spiro atoms. The molecular weight excluding hydrogens is 781 g/mol. The summed E-state index contributed by atoms with van der Waals surface area (Å²) < 4.78 is 10.7. The molecule has 7 aromatic rings. The number of azo groups is 2. The maximum absolute atomic E-state index is 13.9. The van der Waals surface area contributed by atoms with E-state index >= 15 is 0 Å². The molecule has 0 heterocycles. The van der Waals surface area contributed by atoms with Crippen LogP contribution >= 0.6 is 0 Å². The summed E-state index contributed by atoms with van der Waals surface area (Å²) in [4.78, 5) is 51.4. The van der Waals surface area contributed by atoms with Gasteiger partial charge in [-0.15, -0.1) is 20.5 Å². The summed E-state index contributed by atoms with van der Waals surface area (Å²) in [5.74, 6) is -3.11. The summed E-state index contributed by atoms with van der Waals surface area (Å²) in [6.07, 6.45) is 0. The summed E-state index contributed by atoms with van der Waals surface area (Å²) in [5.41, 5.74) is 12.5. The van der Waals surface area contributed by atoms with E-state index in [2.05, 4.69) is 31.1 Å². The lowest BCUT2D eigenvalue weighted by molar-refractivity contribution is 0.0992. The minimum Gasteiger partial charge on any atom is -0.505 e. The molecule has 0 saturated carbocycles. The Hall–Kier alpha value is -8.66. The average Bonchev–Trinajstić information content (AvgIpc) is 3.26. The highest BCUT2D eigenvalue weighted by Crippen LogP contribution is 2.42. The molecule has 304 valence electrons. The van der Waals surface area contributed by atoms with Crippen LogP contribution in [0.3, 0.4) is 0 Å². The van der Waals surface area contributed by atoms with Gasteiger partial charge in [0.05, 0.1) is 25.3 Å². The van der Waals surface area contributed by atoms with Gasteiger partial charge in [-0.25, -0.2) is 0 Å². The number of benzene rings is 7. The molecule has 0 aliphatic rings. The van der Waals surface area contributed by atoms with Crippen LogP contribution in [0.1, 0.15) is 47.0 Å². The van der Waals surface area contributed by atoms with Gasteiger partial charge in [0.25, 0.3) is 11.8 Å². The number of carbonyl (C=O) groups is 4. The van der Waals surface area contributed by atoms with Gasteiger partial charge in [0.2, 0.25) is 11.8 Å². The number of amides is 4. The van der Waals surface area contributed by atoms with E-state index in [0.29, 0.717) is 44.3 Å². The van der Waals surface area contributed by atoms with Crippen molar-refractivity contribution in [1.29, 1.82) is 0 Å². The number of methoxy groups -OCH3 is 2. The maximum atomic E-state index is 13.9. The molecule has 16 nitrogen and oxygen atoms in total. The molecule has 0 fully saturated rings. The number of phenolic OH excluding ortho intramolecular Hbond substituents is 2. The van der Waals surface area contributed by atoms with E-state index in [9.17, 15) is 29.4 Å². The summed E-state index contributed by atoms with van der Waals surface area (Å²) in [6, 6.07) is 30.5. The van der Waals surface area contributed by atoms with Gasteiger partial charge < -0.3 is 41.8 Å². The number of hydrogen-bond acceptors (Lipinski definition) is 12. The predicted octanol–water partition coefficient (Wildman–Crippen LogP) is 9.26. The number of fused-ring (bicyclic) bond motifs is 2. The highest BCUT2D eigenvalue weighted by atomic mass is 16.5. The lowest BCUT2D eigenvalue weighted by Gasteiger charge is -2.15. The summed E-state index contributed by atoms with van der Waals surface area (Å²) in [5, 5.41) is 47.7. The van der Waals surface area contributed by atoms with Crippen LogP contribution in [0.25, 0.3) is 21.5 Å². The molecule has 0 aliphatic carbocycles. The first-order valence-electron chi connectivity index (χ1n) is 18.4. The Labute approximate surface area is 347 Å². The molecule has 0 aromatic heterocycles. The Kier molecular flexibility index (Phi) is 11.3. The zero-order valence-electron chi connectivity index (χ0n) is 32.8. The van der Waals surface area contributed by atoms with Crippen molar-refractivity contribution in [3.05, 3.63) is 143 Å². The number of carbonyl (C=O) groups excluding carboxylic acids is 4. The lowest BCUT2D eigenvalue weighted by Crippen LogP contribution is -2.15. The van der Waals surface area contributed by atoms with Crippen LogP contribution in [-0.4, -0.2) is 48.1 Å². The van der Waals surface area contributed by atoms with Crippen LogP contribution in [0.2, 0.25) is 0 Å². The van der Waals surface area contributed by atoms with Crippen molar-refractivity contribution in [2.45, 2.75) is 6.92 Å². The number of hydrogen-bond donors (Lipinski definition) is 6. The van der Waals surface area contributed by atoms with Gasteiger partial charge in [-0.05, 0) is 83.9 Å². The van der Waals surface area contributed by atoms with Crippen LogP contribution in [-0.2, 0) is 0 Å². The third kappa shape index (κ3) is 8.35. The number of ether oxygens (including phenoxy) is 2. The topological polar surface area (TPSA) is 253 Å². The fourth-order valence-electron chi connectivity index (χ4n) is 6.46. The second kappa shape index (κ2) is 17.1. The number of nitrogens with zero attached hydrogens (tertiary/aromatic N) is 4. The van der Waals surface area contributed by atoms with Crippen LogP contribution in [0, 0.1) is 6.92 Å². The largest absolute Gasteiger partial charge is 0.505 e. The standard InChI is InChI=1S/C45H36N8O8/c1-23-12-15-28(48-44(58)31-18-24-8-4-6-10-29(24)38(40(31)54)52-50-34-20-26(42(46)56)13-16-36(34)60-2)22-33(23)49-45(59)32-19-25-9-5-7-11-30(25)39(41(32)55)53-51-35-21-27(43(47)57)14-17-37(35)61-3/h4-22,54-55H,1-3H3,(H2,46,56)(H2,47,57)(H,48,58)(H,49,59). The lowest BCUT2D eigenvalue weighted by atomic mass is 10.0. The van der Waals surface area contributed by atoms with E-state index in [1.165, 1.54) is 68.8 Å². The van der Waals surface area contributed by atoms with E-state index in [0.717, 1.165) is 0 Å². The Morgan fingerprint density at radius 2 is 1.02 bits per heavy atom. The van der Waals surface area contributed by atoms with Gasteiger partial charge in [-0.1, -0.05) is 54.6 Å². The second-order valence-electron chi connectivity index (χ2n) is 13.5. The molecule has 16 heteroatoms. The third-order valence-electron chi connectivity index (χ3n) is 9.67. The number of nitrogens with two attached hydrogens (primary N) is 2. The molecule has 4 amide bonds. The van der Waals surface area contributed by atoms with Gasteiger partial charge in [0.15, 0.2) is 11.5 Å². The van der Waals surface area contributed by atoms with Crippen LogP contribution in [0.15, 0.2) is 136 Å². The highest BCUT2D eigenvalue weighted by Gasteiger charge is 2.22. The number of phenols is 2. The zero-order chi connectivity index (χ0) is 43.4. The van der Waals surface area contributed by atoms with Crippen molar-refractivity contribution in [3.63, 3.8) is 0 Å². The zero-order valence-corrected chi connectivity index (χ0v) is 32.8. The monoisotopic (exact) mass is 816 g/mol. The minimum atomic E-state index is -0.700. The average molecular weight is 817 g/mol. The van der Waals surface area contributed by atoms with E-state index in [4.69, 9.17) is 20.9 Å². The van der Waals surface area contributed by atoms with E-state index in [-0.39, 0.29) is 50.7 Å². The van der Waals surface area contributed by atoms with Crippen molar-refractivity contribution in [3.8, 4) is 23.0 Å². The highest BCUT2D eigenvalue weighted by molar-refractivity contribution is 6.14. The first-order chi connectivity index (χ1) is 29.4.